The van der Waals surface area contributed by atoms with Crippen LogP contribution in [0.5, 0.6) is 5.75 Å². The van der Waals surface area contributed by atoms with Crippen molar-refractivity contribution in [3.05, 3.63) is 29.1 Å². The number of hydrogen-bond donors (Lipinski definition) is 1. The van der Waals surface area contributed by atoms with Gasteiger partial charge in [-0.3, -0.25) is 0 Å². The number of nitrogens with one attached hydrogen (secondary N) is 1. The minimum Gasteiger partial charge on any atom is -0.496 e. The van der Waals surface area contributed by atoms with Gasteiger partial charge in [0.2, 0.25) is 0 Å². The van der Waals surface area contributed by atoms with Crippen molar-refractivity contribution in [2.24, 2.45) is 5.92 Å². The predicted octanol–water partition coefficient (Wildman–Crippen LogP) is 2.29. The zero-order valence-electron chi connectivity index (χ0n) is 9.85. The van der Waals surface area contributed by atoms with Crippen LogP contribution in [-0.2, 0) is 6.42 Å². The van der Waals surface area contributed by atoms with Crippen LogP contribution in [0.3, 0.4) is 0 Å². The summed E-state index contributed by atoms with van der Waals surface area (Å²) in [6, 6.07) is 3.12. The van der Waals surface area contributed by atoms with Gasteiger partial charge in [0.15, 0.2) is 0 Å². The maximum Gasteiger partial charge on any atom is 0.125 e. The highest BCUT2D eigenvalue weighted by molar-refractivity contribution is 5.41. The smallest absolute Gasteiger partial charge is 0.125 e. The Balaban J connectivity index is 2.23. The molecule has 1 aliphatic heterocycles. The Morgan fingerprint density at radius 1 is 1.50 bits per heavy atom. The molecule has 0 radical (unpaired) electrons. The number of aryl methyl sites for hydroxylation is 1. The molecule has 0 aromatic heterocycles. The highest BCUT2D eigenvalue weighted by Gasteiger charge is 2.18. The van der Waals surface area contributed by atoms with Crippen LogP contribution >= 0.6 is 0 Å². The van der Waals surface area contributed by atoms with Crippen molar-refractivity contribution in [2.75, 3.05) is 20.2 Å². The van der Waals surface area contributed by atoms with E-state index in [0.717, 1.165) is 36.4 Å². The van der Waals surface area contributed by atoms with Gasteiger partial charge in [0.05, 0.1) is 7.11 Å². The number of benzene rings is 1. The maximum atomic E-state index is 13.3. The van der Waals surface area contributed by atoms with Crippen LogP contribution in [0.4, 0.5) is 4.39 Å². The number of hydrogen-bond acceptors (Lipinski definition) is 2. The molecule has 1 aromatic carbocycles. The molecule has 0 bridgehead atoms. The van der Waals surface area contributed by atoms with Gasteiger partial charge in [-0.05, 0) is 62.0 Å². The summed E-state index contributed by atoms with van der Waals surface area (Å²) in [7, 11) is 1.65. The minimum absolute atomic E-state index is 0.167. The third-order valence-electron chi connectivity index (χ3n) is 3.19. The molecule has 0 spiro atoms. The summed E-state index contributed by atoms with van der Waals surface area (Å²) < 4.78 is 18.7. The minimum atomic E-state index is -0.167. The molecule has 1 aliphatic rings. The fraction of sp³-hybridized carbons (Fsp3) is 0.538. The van der Waals surface area contributed by atoms with Gasteiger partial charge >= 0.3 is 0 Å². The van der Waals surface area contributed by atoms with Gasteiger partial charge in [-0.25, -0.2) is 4.39 Å². The highest BCUT2D eigenvalue weighted by atomic mass is 19.1. The van der Waals surface area contributed by atoms with E-state index in [4.69, 9.17) is 4.74 Å². The van der Waals surface area contributed by atoms with Crippen LogP contribution in [0.1, 0.15) is 17.5 Å². The number of rotatable bonds is 3. The Morgan fingerprint density at radius 3 is 2.94 bits per heavy atom. The maximum absolute atomic E-state index is 13.3. The molecular formula is C13H18FNO. The van der Waals surface area contributed by atoms with Crippen LogP contribution in [0.2, 0.25) is 0 Å². The van der Waals surface area contributed by atoms with Gasteiger partial charge in [0.1, 0.15) is 11.6 Å². The average molecular weight is 223 g/mol. The molecule has 2 rings (SSSR count). The second-order valence-corrected chi connectivity index (χ2v) is 4.48. The van der Waals surface area contributed by atoms with Gasteiger partial charge in [-0.15, -0.1) is 0 Å². The monoisotopic (exact) mass is 223 g/mol. The molecule has 1 unspecified atom stereocenters. The number of halogens is 1. The first-order valence-electron chi connectivity index (χ1n) is 5.74. The molecule has 16 heavy (non-hydrogen) atoms. The van der Waals surface area contributed by atoms with E-state index in [1.54, 1.807) is 13.2 Å². The van der Waals surface area contributed by atoms with E-state index in [1.165, 1.54) is 12.5 Å². The van der Waals surface area contributed by atoms with Crippen LogP contribution < -0.4 is 10.1 Å². The normalized spacial score (nSPS) is 20.1. The molecule has 1 heterocycles. The highest BCUT2D eigenvalue weighted by Crippen LogP contribution is 2.28. The lowest BCUT2D eigenvalue weighted by molar-refractivity contribution is 0.400. The average Bonchev–Trinajstić information content (AvgIpc) is 2.70. The van der Waals surface area contributed by atoms with Crippen molar-refractivity contribution >= 4 is 0 Å². The summed E-state index contributed by atoms with van der Waals surface area (Å²) >= 11 is 0. The Labute approximate surface area is 95.8 Å². The molecule has 3 heteroatoms. The van der Waals surface area contributed by atoms with Crippen LogP contribution in [0.15, 0.2) is 12.1 Å². The topological polar surface area (TPSA) is 21.3 Å². The lowest BCUT2D eigenvalue weighted by atomic mass is 9.96. The van der Waals surface area contributed by atoms with Gasteiger partial charge in [0, 0.05) is 0 Å². The lowest BCUT2D eigenvalue weighted by Gasteiger charge is -2.14. The Bertz CT molecular complexity index is 372. The van der Waals surface area contributed by atoms with E-state index in [1.807, 2.05) is 6.92 Å². The van der Waals surface area contributed by atoms with Gasteiger partial charge in [-0.1, -0.05) is 0 Å². The summed E-state index contributed by atoms with van der Waals surface area (Å²) in [5.74, 6) is 1.28. The van der Waals surface area contributed by atoms with E-state index >= 15 is 0 Å². The van der Waals surface area contributed by atoms with Crippen molar-refractivity contribution < 1.29 is 9.13 Å². The van der Waals surface area contributed by atoms with Gasteiger partial charge < -0.3 is 10.1 Å². The summed E-state index contributed by atoms with van der Waals surface area (Å²) in [5, 5.41) is 3.32. The summed E-state index contributed by atoms with van der Waals surface area (Å²) in [6.45, 7) is 3.98. The van der Waals surface area contributed by atoms with Crippen molar-refractivity contribution in [3.63, 3.8) is 0 Å². The summed E-state index contributed by atoms with van der Waals surface area (Å²) in [4.78, 5) is 0. The predicted molar refractivity (Wildman–Crippen MR) is 62.4 cm³/mol. The second kappa shape index (κ2) is 4.83. The molecule has 1 saturated heterocycles. The molecule has 1 N–H and O–H groups in total. The zero-order valence-corrected chi connectivity index (χ0v) is 9.85. The van der Waals surface area contributed by atoms with Crippen molar-refractivity contribution in [2.45, 2.75) is 19.8 Å². The van der Waals surface area contributed by atoms with Crippen molar-refractivity contribution in [1.82, 2.24) is 5.32 Å². The lowest BCUT2D eigenvalue weighted by Crippen LogP contribution is -2.11. The van der Waals surface area contributed by atoms with E-state index in [0.29, 0.717) is 5.92 Å². The van der Waals surface area contributed by atoms with Crippen LogP contribution in [0.25, 0.3) is 0 Å². The molecule has 0 saturated carbocycles. The molecular weight excluding hydrogens is 205 g/mol. The van der Waals surface area contributed by atoms with Gasteiger partial charge in [0.25, 0.3) is 0 Å². The molecule has 0 amide bonds. The summed E-state index contributed by atoms with van der Waals surface area (Å²) in [6.07, 6.45) is 2.06. The quantitative estimate of drug-likeness (QED) is 0.849. The van der Waals surface area contributed by atoms with Crippen molar-refractivity contribution in [3.8, 4) is 5.75 Å². The van der Waals surface area contributed by atoms with Crippen molar-refractivity contribution in [1.29, 1.82) is 0 Å². The largest absolute Gasteiger partial charge is 0.496 e. The fourth-order valence-corrected chi connectivity index (χ4v) is 2.44. The zero-order chi connectivity index (χ0) is 11.5. The third kappa shape index (κ3) is 2.35. The van der Waals surface area contributed by atoms with Crippen LogP contribution in [-0.4, -0.2) is 20.2 Å². The molecule has 88 valence electrons. The van der Waals surface area contributed by atoms with Gasteiger partial charge in [-0.2, -0.15) is 0 Å². The molecule has 1 atom stereocenters. The standard InChI is InChI=1S/C13H18FNO/c1-9-5-12(14)7-11(13(9)16-2)6-10-3-4-15-8-10/h5,7,10,15H,3-4,6,8H2,1-2H3. The third-order valence-corrected chi connectivity index (χ3v) is 3.19. The molecule has 0 aliphatic carbocycles. The molecule has 2 nitrogen and oxygen atoms in total. The first-order chi connectivity index (χ1) is 7.70. The summed E-state index contributed by atoms with van der Waals surface area (Å²) in [5.41, 5.74) is 1.87. The van der Waals surface area contributed by atoms with E-state index < -0.39 is 0 Å². The van der Waals surface area contributed by atoms with Crippen LogP contribution in [0, 0.1) is 18.7 Å². The number of ether oxygens (including phenoxy) is 1. The Morgan fingerprint density at radius 2 is 2.31 bits per heavy atom. The van der Waals surface area contributed by atoms with E-state index in [-0.39, 0.29) is 5.82 Å². The van der Waals surface area contributed by atoms with E-state index in [9.17, 15) is 4.39 Å². The number of methoxy groups -OCH3 is 1. The first kappa shape index (κ1) is 11.4. The van der Waals surface area contributed by atoms with E-state index in [2.05, 4.69) is 5.32 Å². The fourth-order valence-electron chi connectivity index (χ4n) is 2.44. The molecule has 1 aromatic rings. The Hall–Kier alpha value is -1.09. The Kier molecular flexibility index (Phi) is 3.44. The second-order valence-electron chi connectivity index (χ2n) is 4.48. The molecule has 1 fully saturated rings. The SMILES string of the molecule is COc1c(C)cc(F)cc1CC1CCNC1. The first-order valence-corrected chi connectivity index (χ1v) is 5.74.